The molecule has 0 saturated carbocycles. The molecule has 10 heteroatoms. The maximum Gasteiger partial charge on any atom is 0.416 e. The van der Waals surface area contributed by atoms with Crippen molar-refractivity contribution in [3.05, 3.63) is 83.2 Å². The van der Waals surface area contributed by atoms with E-state index in [1.807, 2.05) is 0 Å². The van der Waals surface area contributed by atoms with Crippen LogP contribution in [0.4, 0.5) is 33.7 Å². The molecule has 1 atom stereocenters. The zero-order chi connectivity index (χ0) is 27.0. The molecule has 6 nitrogen and oxygen atoms in total. The second-order valence-corrected chi connectivity index (χ2v) is 9.16. The van der Waals surface area contributed by atoms with Crippen LogP contribution in [-0.4, -0.2) is 22.9 Å². The predicted molar refractivity (Wildman–Crippen MR) is 129 cm³/mol. The Balaban J connectivity index is 1.54. The van der Waals surface area contributed by atoms with Gasteiger partial charge in [0.2, 0.25) is 0 Å². The zero-order valence-electron chi connectivity index (χ0n) is 19.6. The molecule has 0 bridgehead atoms. The normalized spacial score (nSPS) is 17.2. The van der Waals surface area contributed by atoms with E-state index in [1.54, 1.807) is 25.1 Å². The molecule has 3 aromatic carbocycles. The first-order valence-electron chi connectivity index (χ1n) is 11.3. The SMILES string of the molecule is CC1(CC(=O)O)CCc2cc(-c3cccc(NC(=O)Nc4cccc(C(F)(F)F)c4)c3F)ccc2C1=O. The van der Waals surface area contributed by atoms with Crippen LogP contribution in [0.15, 0.2) is 60.7 Å². The molecule has 0 radical (unpaired) electrons. The first kappa shape index (κ1) is 25.9. The number of carboxylic acid groups (broad SMARTS) is 1. The van der Waals surface area contributed by atoms with Gasteiger partial charge in [-0.1, -0.05) is 43.3 Å². The number of halogens is 4. The van der Waals surface area contributed by atoms with Crippen LogP contribution >= 0.6 is 0 Å². The Morgan fingerprint density at radius 2 is 1.73 bits per heavy atom. The number of carbonyl (C=O) groups excluding carboxylic acids is 2. The van der Waals surface area contributed by atoms with E-state index in [2.05, 4.69) is 10.6 Å². The van der Waals surface area contributed by atoms with E-state index in [0.29, 0.717) is 29.5 Å². The number of urea groups is 1. The van der Waals surface area contributed by atoms with E-state index in [0.717, 1.165) is 18.2 Å². The smallest absolute Gasteiger partial charge is 0.416 e. The van der Waals surface area contributed by atoms with Crippen molar-refractivity contribution >= 4 is 29.2 Å². The fourth-order valence-corrected chi connectivity index (χ4v) is 4.45. The van der Waals surface area contributed by atoms with Crippen molar-refractivity contribution in [2.75, 3.05) is 10.6 Å². The van der Waals surface area contributed by atoms with Crippen LogP contribution in [0.3, 0.4) is 0 Å². The minimum Gasteiger partial charge on any atom is -0.481 e. The fraction of sp³-hybridized carbons (Fsp3) is 0.222. The van der Waals surface area contributed by atoms with Crippen molar-refractivity contribution in [3.8, 4) is 11.1 Å². The number of anilines is 2. The molecule has 0 aromatic heterocycles. The summed E-state index contributed by atoms with van der Waals surface area (Å²) in [6.45, 7) is 1.62. The van der Waals surface area contributed by atoms with E-state index < -0.39 is 35.0 Å². The Morgan fingerprint density at radius 1 is 1.00 bits per heavy atom. The third-order valence-electron chi connectivity index (χ3n) is 6.39. The number of rotatable bonds is 5. The van der Waals surface area contributed by atoms with Crippen molar-refractivity contribution < 1.29 is 37.1 Å². The number of alkyl halides is 3. The minimum absolute atomic E-state index is 0.113. The zero-order valence-corrected chi connectivity index (χ0v) is 19.6. The quantitative estimate of drug-likeness (QED) is 0.328. The molecule has 3 aromatic rings. The van der Waals surface area contributed by atoms with Crippen LogP contribution < -0.4 is 10.6 Å². The van der Waals surface area contributed by atoms with Crippen molar-refractivity contribution in [1.29, 1.82) is 0 Å². The highest BCUT2D eigenvalue weighted by atomic mass is 19.4. The largest absolute Gasteiger partial charge is 0.481 e. The third-order valence-corrected chi connectivity index (χ3v) is 6.39. The summed E-state index contributed by atoms with van der Waals surface area (Å²) < 4.78 is 54.0. The third kappa shape index (κ3) is 5.47. The number of amides is 2. The lowest BCUT2D eigenvalue weighted by atomic mass is 9.69. The van der Waals surface area contributed by atoms with E-state index in [4.69, 9.17) is 5.11 Å². The number of hydrogen-bond donors (Lipinski definition) is 3. The standard InChI is InChI=1S/C27H22F4N2O4/c1-26(14-22(34)35)11-10-16-12-15(8-9-20(16)24(26)36)19-6-3-7-21(23(19)28)33-25(37)32-18-5-2-4-17(13-18)27(29,30)31/h2-9,12-13H,10-11,14H2,1H3,(H,34,35)(H2,32,33,37). The summed E-state index contributed by atoms with van der Waals surface area (Å²) >= 11 is 0. The molecule has 1 aliphatic carbocycles. The van der Waals surface area contributed by atoms with Gasteiger partial charge in [0.25, 0.3) is 0 Å². The second kappa shape index (κ2) is 9.68. The lowest BCUT2D eigenvalue weighted by molar-refractivity contribution is -0.139. The lowest BCUT2D eigenvalue weighted by Gasteiger charge is -2.32. The number of ketones is 1. The predicted octanol–water partition coefficient (Wildman–Crippen LogP) is 6.77. The van der Waals surface area contributed by atoms with Crippen LogP contribution in [0, 0.1) is 11.2 Å². The topological polar surface area (TPSA) is 95.5 Å². The summed E-state index contributed by atoms with van der Waals surface area (Å²) in [5, 5.41) is 13.7. The fourth-order valence-electron chi connectivity index (χ4n) is 4.45. The number of carbonyl (C=O) groups is 3. The van der Waals surface area contributed by atoms with Gasteiger partial charge in [-0.3, -0.25) is 9.59 Å². The number of nitrogens with one attached hydrogen (secondary N) is 2. The molecular weight excluding hydrogens is 492 g/mol. The monoisotopic (exact) mass is 514 g/mol. The van der Waals surface area contributed by atoms with Crippen LogP contribution in [0.25, 0.3) is 11.1 Å². The Hall–Kier alpha value is -4.21. The lowest BCUT2D eigenvalue weighted by Crippen LogP contribution is -2.35. The number of hydrogen-bond acceptors (Lipinski definition) is 3. The second-order valence-electron chi connectivity index (χ2n) is 9.16. The summed E-state index contributed by atoms with van der Waals surface area (Å²) in [4.78, 5) is 36.5. The highest BCUT2D eigenvalue weighted by Crippen LogP contribution is 2.40. The molecule has 37 heavy (non-hydrogen) atoms. The molecule has 1 aliphatic rings. The molecule has 4 rings (SSSR count). The Kier molecular flexibility index (Phi) is 6.77. The summed E-state index contributed by atoms with van der Waals surface area (Å²) in [7, 11) is 0. The molecule has 0 heterocycles. The van der Waals surface area contributed by atoms with Gasteiger partial charge < -0.3 is 15.7 Å². The maximum absolute atomic E-state index is 15.3. The number of fused-ring (bicyclic) bond motifs is 1. The first-order valence-corrected chi connectivity index (χ1v) is 11.3. The van der Waals surface area contributed by atoms with Crippen molar-refractivity contribution in [1.82, 2.24) is 0 Å². The van der Waals surface area contributed by atoms with E-state index in [-0.39, 0.29) is 29.1 Å². The first-order chi connectivity index (χ1) is 17.4. The Bertz CT molecular complexity index is 1400. The van der Waals surface area contributed by atoms with Gasteiger partial charge in [0, 0.05) is 22.2 Å². The van der Waals surface area contributed by atoms with Gasteiger partial charge in [0.05, 0.1) is 17.7 Å². The molecule has 192 valence electrons. The molecular formula is C27H22F4N2O4. The summed E-state index contributed by atoms with van der Waals surface area (Å²) in [6, 6.07) is 12.2. The highest BCUT2D eigenvalue weighted by Gasteiger charge is 2.40. The highest BCUT2D eigenvalue weighted by molar-refractivity contribution is 6.04. The van der Waals surface area contributed by atoms with Gasteiger partial charge in [-0.05, 0) is 48.2 Å². The molecule has 0 saturated heterocycles. The number of benzene rings is 3. The summed E-state index contributed by atoms with van der Waals surface area (Å²) in [5.74, 6) is -2.09. The van der Waals surface area contributed by atoms with E-state index in [9.17, 15) is 27.6 Å². The molecule has 3 N–H and O–H groups in total. The van der Waals surface area contributed by atoms with Gasteiger partial charge in [-0.2, -0.15) is 13.2 Å². The average molecular weight is 514 g/mol. The number of aliphatic carboxylic acids is 1. The minimum atomic E-state index is -4.58. The molecule has 0 fully saturated rings. The number of aryl methyl sites for hydroxylation is 1. The van der Waals surface area contributed by atoms with E-state index in [1.165, 1.54) is 24.3 Å². The van der Waals surface area contributed by atoms with Gasteiger partial charge in [-0.15, -0.1) is 0 Å². The Labute approximate surface area is 209 Å². The van der Waals surface area contributed by atoms with E-state index >= 15 is 4.39 Å². The van der Waals surface area contributed by atoms with Gasteiger partial charge in [-0.25, -0.2) is 9.18 Å². The maximum atomic E-state index is 15.3. The van der Waals surface area contributed by atoms with Gasteiger partial charge in [0.1, 0.15) is 0 Å². The van der Waals surface area contributed by atoms with Crippen molar-refractivity contribution in [3.63, 3.8) is 0 Å². The summed E-state index contributed by atoms with van der Waals surface area (Å²) in [6.07, 6.45) is -4.08. The van der Waals surface area contributed by atoms with Gasteiger partial charge >= 0.3 is 18.2 Å². The molecule has 1 unspecified atom stereocenters. The molecule has 0 spiro atoms. The summed E-state index contributed by atoms with van der Waals surface area (Å²) in [5.41, 5.74) is -0.587. The number of Topliss-reactive ketones (excluding diaryl/α,β-unsaturated/α-hetero) is 1. The van der Waals surface area contributed by atoms with Crippen LogP contribution in [0.1, 0.15) is 41.3 Å². The van der Waals surface area contributed by atoms with Crippen LogP contribution in [-0.2, 0) is 17.4 Å². The molecule has 2 amide bonds. The van der Waals surface area contributed by atoms with Crippen molar-refractivity contribution in [2.24, 2.45) is 5.41 Å². The van der Waals surface area contributed by atoms with Gasteiger partial charge in [0.15, 0.2) is 11.6 Å². The van der Waals surface area contributed by atoms with Crippen molar-refractivity contribution in [2.45, 2.75) is 32.4 Å². The average Bonchev–Trinajstić information content (AvgIpc) is 2.82. The number of carboxylic acids is 1. The Morgan fingerprint density at radius 3 is 2.43 bits per heavy atom. The molecule has 0 aliphatic heterocycles. The van der Waals surface area contributed by atoms with Crippen LogP contribution in [0.2, 0.25) is 0 Å². The van der Waals surface area contributed by atoms with Crippen LogP contribution in [0.5, 0.6) is 0 Å².